The predicted octanol–water partition coefficient (Wildman–Crippen LogP) is 3.78. The predicted molar refractivity (Wildman–Crippen MR) is 78.2 cm³/mol. The van der Waals surface area contributed by atoms with Crippen LogP contribution in [0.5, 0.6) is 0 Å². The second-order valence-electron chi connectivity index (χ2n) is 4.96. The maximum atomic E-state index is 6.15. The first-order valence-electron chi connectivity index (χ1n) is 6.72. The minimum atomic E-state index is 0.186. The number of halogens is 2. The van der Waals surface area contributed by atoms with Gasteiger partial charge in [0.25, 0.3) is 0 Å². The highest BCUT2D eigenvalue weighted by atomic mass is 35.5. The molecule has 4 nitrogen and oxygen atoms in total. The number of hydrogen-bond donors (Lipinski definition) is 1. The van der Waals surface area contributed by atoms with E-state index in [2.05, 4.69) is 15.5 Å². The van der Waals surface area contributed by atoms with E-state index in [9.17, 15) is 0 Å². The van der Waals surface area contributed by atoms with Gasteiger partial charge >= 0.3 is 0 Å². The maximum absolute atomic E-state index is 6.15. The number of aromatic nitrogens is 2. The van der Waals surface area contributed by atoms with Gasteiger partial charge in [-0.3, -0.25) is 0 Å². The Morgan fingerprint density at radius 3 is 2.95 bits per heavy atom. The van der Waals surface area contributed by atoms with E-state index in [1.54, 1.807) is 6.07 Å². The molecule has 1 atom stereocenters. The Labute approximate surface area is 127 Å². The van der Waals surface area contributed by atoms with E-state index < -0.39 is 0 Å². The van der Waals surface area contributed by atoms with Crippen LogP contribution in [0.2, 0.25) is 10.0 Å². The maximum Gasteiger partial charge on any atom is 0.243 e. The minimum Gasteiger partial charge on any atom is -0.338 e. The first-order valence-corrected chi connectivity index (χ1v) is 7.48. The number of piperidine rings is 1. The van der Waals surface area contributed by atoms with E-state index in [1.165, 1.54) is 12.8 Å². The lowest BCUT2D eigenvalue weighted by molar-refractivity contribution is 0.296. The average Bonchev–Trinajstić information content (AvgIpc) is 2.92. The number of hydrogen-bond acceptors (Lipinski definition) is 4. The van der Waals surface area contributed by atoms with Gasteiger partial charge in [-0.05, 0) is 37.1 Å². The Bertz CT molecular complexity index is 594. The molecule has 0 spiro atoms. The summed E-state index contributed by atoms with van der Waals surface area (Å²) in [5.74, 6) is 1.32. The second-order valence-corrected chi connectivity index (χ2v) is 5.81. The first kappa shape index (κ1) is 13.9. The highest BCUT2D eigenvalue weighted by Crippen LogP contribution is 2.24. The molecule has 106 valence electrons. The van der Waals surface area contributed by atoms with Crippen molar-refractivity contribution in [2.75, 3.05) is 6.54 Å². The van der Waals surface area contributed by atoms with Gasteiger partial charge in [-0.1, -0.05) is 40.8 Å². The van der Waals surface area contributed by atoms with Gasteiger partial charge in [-0.15, -0.1) is 0 Å². The summed E-state index contributed by atoms with van der Waals surface area (Å²) in [4.78, 5) is 4.46. The van der Waals surface area contributed by atoms with Crippen molar-refractivity contribution in [1.29, 1.82) is 0 Å². The second kappa shape index (κ2) is 6.12. The fourth-order valence-corrected chi connectivity index (χ4v) is 2.85. The summed E-state index contributed by atoms with van der Waals surface area (Å²) in [7, 11) is 0. The van der Waals surface area contributed by atoms with Gasteiger partial charge in [0.2, 0.25) is 5.89 Å². The fraction of sp³-hybridized carbons (Fsp3) is 0.429. The molecule has 1 aliphatic heterocycles. The third-order valence-corrected chi connectivity index (χ3v) is 4.04. The Hall–Kier alpha value is -1.10. The van der Waals surface area contributed by atoms with Crippen molar-refractivity contribution in [2.45, 2.75) is 31.7 Å². The van der Waals surface area contributed by atoms with Crippen LogP contribution in [0.3, 0.4) is 0 Å². The van der Waals surface area contributed by atoms with Gasteiger partial charge in [0.05, 0.1) is 6.04 Å². The molecule has 1 aromatic heterocycles. The molecule has 0 radical (unpaired) electrons. The zero-order chi connectivity index (χ0) is 13.9. The van der Waals surface area contributed by atoms with Crippen molar-refractivity contribution in [2.24, 2.45) is 0 Å². The zero-order valence-corrected chi connectivity index (χ0v) is 12.4. The van der Waals surface area contributed by atoms with Crippen LogP contribution in [0.4, 0.5) is 0 Å². The van der Waals surface area contributed by atoms with Crippen molar-refractivity contribution in [3.63, 3.8) is 0 Å². The van der Waals surface area contributed by atoms with Crippen LogP contribution < -0.4 is 5.32 Å². The van der Waals surface area contributed by atoms with E-state index in [1.807, 2.05) is 12.1 Å². The molecule has 20 heavy (non-hydrogen) atoms. The summed E-state index contributed by atoms with van der Waals surface area (Å²) in [6.45, 7) is 1.01. The molecule has 6 heteroatoms. The number of benzene rings is 1. The smallest absolute Gasteiger partial charge is 0.243 e. The average molecular weight is 312 g/mol. The zero-order valence-electron chi connectivity index (χ0n) is 10.9. The molecule has 1 fully saturated rings. The third-order valence-electron chi connectivity index (χ3n) is 3.46. The highest BCUT2D eigenvalue weighted by molar-refractivity contribution is 6.35. The van der Waals surface area contributed by atoms with Gasteiger partial charge in [-0.25, -0.2) is 0 Å². The molecule has 3 rings (SSSR count). The molecule has 0 saturated carbocycles. The molecular weight excluding hydrogens is 297 g/mol. The van der Waals surface area contributed by atoms with Crippen molar-refractivity contribution in [3.8, 4) is 0 Å². The molecule has 1 N–H and O–H groups in total. The van der Waals surface area contributed by atoms with Gasteiger partial charge in [0, 0.05) is 16.5 Å². The third kappa shape index (κ3) is 3.14. The monoisotopic (exact) mass is 311 g/mol. The van der Waals surface area contributed by atoms with Crippen LogP contribution in [-0.4, -0.2) is 16.7 Å². The summed E-state index contributed by atoms with van der Waals surface area (Å²) in [5, 5.41) is 8.67. The molecule has 1 aliphatic rings. The van der Waals surface area contributed by atoms with E-state index in [0.717, 1.165) is 18.5 Å². The lowest BCUT2D eigenvalue weighted by Crippen LogP contribution is -2.27. The van der Waals surface area contributed by atoms with Crippen LogP contribution in [0, 0.1) is 0 Å². The van der Waals surface area contributed by atoms with Crippen LogP contribution in [0.15, 0.2) is 22.7 Å². The van der Waals surface area contributed by atoms with Gasteiger partial charge in [-0.2, -0.15) is 4.98 Å². The van der Waals surface area contributed by atoms with Crippen LogP contribution in [0.1, 0.15) is 42.6 Å². The summed E-state index contributed by atoms with van der Waals surface area (Å²) < 4.78 is 5.35. The molecule has 2 heterocycles. The molecule has 0 unspecified atom stereocenters. The molecular formula is C14H15Cl2N3O. The summed E-state index contributed by atoms with van der Waals surface area (Å²) in [6.07, 6.45) is 3.99. The Morgan fingerprint density at radius 2 is 2.20 bits per heavy atom. The largest absolute Gasteiger partial charge is 0.338 e. The minimum absolute atomic E-state index is 0.186. The summed E-state index contributed by atoms with van der Waals surface area (Å²) >= 11 is 12.0. The first-order chi connectivity index (χ1) is 9.72. The lowest BCUT2D eigenvalue weighted by Gasteiger charge is -2.19. The Morgan fingerprint density at radius 1 is 1.30 bits per heavy atom. The normalized spacial score (nSPS) is 19.2. The van der Waals surface area contributed by atoms with E-state index in [4.69, 9.17) is 27.7 Å². The van der Waals surface area contributed by atoms with Crippen LogP contribution in [0.25, 0.3) is 0 Å². The Kier molecular flexibility index (Phi) is 4.24. The summed E-state index contributed by atoms with van der Waals surface area (Å²) in [5.41, 5.74) is 0.944. The topological polar surface area (TPSA) is 51.0 Å². The van der Waals surface area contributed by atoms with Gasteiger partial charge in [0.15, 0.2) is 5.82 Å². The van der Waals surface area contributed by atoms with Gasteiger partial charge in [0.1, 0.15) is 0 Å². The van der Waals surface area contributed by atoms with Crippen LogP contribution >= 0.6 is 23.2 Å². The molecule has 0 amide bonds. The van der Waals surface area contributed by atoms with Crippen molar-refractivity contribution in [3.05, 3.63) is 45.5 Å². The van der Waals surface area contributed by atoms with Crippen LogP contribution in [-0.2, 0) is 6.42 Å². The van der Waals surface area contributed by atoms with Crippen molar-refractivity contribution in [1.82, 2.24) is 15.5 Å². The fourth-order valence-electron chi connectivity index (χ4n) is 2.38. The number of nitrogens with one attached hydrogen (secondary N) is 1. The molecule has 1 saturated heterocycles. The Balaban J connectivity index is 1.73. The molecule has 1 aromatic carbocycles. The van der Waals surface area contributed by atoms with Crippen molar-refractivity contribution < 1.29 is 4.52 Å². The van der Waals surface area contributed by atoms with Crippen molar-refractivity contribution >= 4 is 23.2 Å². The van der Waals surface area contributed by atoms with Gasteiger partial charge < -0.3 is 9.84 Å². The molecule has 2 aromatic rings. The SMILES string of the molecule is Clc1ccc(Cc2noc([C@@H]3CCCCN3)n2)c(Cl)c1. The number of nitrogens with zero attached hydrogens (tertiary/aromatic N) is 2. The molecule has 0 bridgehead atoms. The standard InChI is InChI=1S/C14H15Cl2N3O/c15-10-5-4-9(11(16)8-10)7-13-18-14(20-19-13)12-3-1-2-6-17-12/h4-5,8,12,17H,1-3,6-7H2/t12-/m0/s1. The lowest BCUT2D eigenvalue weighted by atomic mass is 10.1. The van der Waals surface area contributed by atoms with E-state index >= 15 is 0 Å². The van der Waals surface area contributed by atoms with E-state index in [-0.39, 0.29) is 6.04 Å². The quantitative estimate of drug-likeness (QED) is 0.937. The highest BCUT2D eigenvalue weighted by Gasteiger charge is 2.21. The molecule has 0 aliphatic carbocycles. The summed E-state index contributed by atoms with van der Waals surface area (Å²) in [6, 6.07) is 5.61. The number of rotatable bonds is 3. The van der Waals surface area contributed by atoms with E-state index in [0.29, 0.717) is 28.2 Å².